The molecule has 1 atom stereocenters. The third-order valence-corrected chi connectivity index (χ3v) is 3.73. The maximum atomic E-state index is 9.32. The van der Waals surface area contributed by atoms with Crippen LogP contribution in [-0.2, 0) is 6.42 Å². The predicted octanol–water partition coefficient (Wildman–Crippen LogP) is 3.77. The van der Waals surface area contributed by atoms with Crippen LogP contribution in [0.3, 0.4) is 0 Å². The Morgan fingerprint density at radius 1 is 1.05 bits per heavy atom. The normalized spacial score (nSPS) is 12.2. The smallest absolute Gasteiger partial charge is 0.0639 e. The first-order valence-electron chi connectivity index (χ1n) is 6.88. The third-order valence-electron chi connectivity index (χ3n) is 3.41. The van der Waals surface area contributed by atoms with E-state index in [0.29, 0.717) is 6.54 Å². The number of anilines is 1. The fourth-order valence-corrected chi connectivity index (χ4v) is 2.68. The molecule has 3 heteroatoms. The molecular formula is C17H20ClNO. The Labute approximate surface area is 125 Å². The Bertz CT molecular complexity index is 530. The highest BCUT2D eigenvalue weighted by Crippen LogP contribution is 2.27. The third kappa shape index (κ3) is 3.75. The van der Waals surface area contributed by atoms with E-state index in [0.717, 1.165) is 17.1 Å². The molecule has 0 aromatic heterocycles. The summed E-state index contributed by atoms with van der Waals surface area (Å²) in [5, 5.41) is 10.0. The van der Waals surface area contributed by atoms with Crippen molar-refractivity contribution in [1.29, 1.82) is 0 Å². The first kappa shape index (κ1) is 14.9. The summed E-state index contributed by atoms with van der Waals surface area (Å²) in [6.07, 6.45) is 0.923. The fraction of sp³-hybridized carbons (Fsp3) is 0.294. The molecule has 0 saturated carbocycles. The lowest BCUT2D eigenvalue weighted by molar-refractivity contribution is 0.298. The number of rotatable bonds is 6. The summed E-state index contributed by atoms with van der Waals surface area (Å²) in [5.41, 5.74) is 2.27. The number of aliphatic hydroxyl groups excluding tert-OH is 1. The highest BCUT2D eigenvalue weighted by atomic mass is 35.5. The van der Waals surface area contributed by atoms with E-state index < -0.39 is 0 Å². The Hall–Kier alpha value is -1.51. The van der Waals surface area contributed by atoms with Gasteiger partial charge in [-0.3, -0.25) is 0 Å². The molecule has 0 aliphatic heterocycles. The molecule has 20 heavy (non-hydrogen) atoms. The van der Waals surface area contributed by atoms with E-state index in [2.05, 4.69) is 24.0 Å². The maximum Gasteiger partial charge on any atom is 0.0639 e. The number of hydrogen-bond acceptors (Lipinski definition) is 2. The van der Waals surface area contributed by atoms with Gasteiger partial charge in [0.15, 0.2) is 0 Å². The van der Waals surface area contributed by atoms with Gasteiger partial charge in [-0.2, -0.15) is 0 Å². The highest BCUT2D eigenvalue weighted by Gasteiger charge is 2.16. The number of nitrogens with zero attached hydrogens (tertiary/aromatic N) is 1. The number of benzene rings is 2. The van der Waals surface area contributed by atoms with Gasteiger partial charge in [0.25, 0.3) is 0 Å². The van der Waals surface area contributed by atoms with Crippen LogP contribution in [0.2, 0.25) is 5.02 Å². The standard InChI is InChI=1S/C17H20ClNO/c1-14(13-15-7-3-2-4-8-15)19(11-12-20)17-10-6-5-9-16(17)18/h2-10,14,20H,11-13H2,1H3. The molecule has 0 amide bonds. The second-order valence-electron chi connectivity index (χ2n) is 4.91. The zero-order valence-electron chi connectivity index (χ0n) is 11.7. The van der Waals surface area contributed by atoms with Crippen molar-refractivity contribution in [3.8, 4) is 0 Å². The Morgan fingerprint density at radius 2 is 1.70 bits per heavy atom. The average molecular weight is 290 g/mol. The first-order chi connectivity index (χ1) is 9.72. The van der Waals surface area contributed by atoms with Crippen molar-refractivity contribution in [2.75, 3.05) is 18.1 Å². The summed E-state index contributed by atoms with van der Waals surface area (Å²) >= 11 is 6.28. The lowest BCUT2D eigenvalue weighted by Crippen LogP contribution is -2.37. The second-order valence-corrected chi connectivity index (χ2v) is 5.31. The molecule has 2 rings (SSSR count). The van der Waals surface area contributed by atoms with E-state index in [9.17, 15) is 5.11 Å². The summed E-state index contributed by atoms with van der Waals surface area (Å²) in [6.45, 7) is 2.86. The van der Waals surface area contributed by atoms with Gasteiger partial charge in [0, 0.05) is 12.6 Å². The summed E-state index contributed by atoms with van der Waals surface area (Å²) in [7, 11) is 0. The van der Waals surface area contributed by atoms with Crippen molar-refractivity contribution in [3.05, 3.63) is 65.2 Å². The molecule has 1 unspecified atom stereocenters. The summed E-state index contributed by atoms with van der Waals surface area (Å²) < 4.78 is 0. The lowest BCUT2D eigenvalue weighted by Gasteiger charge is -2.31. The maximum absolute atomic E-state index is 9.32. The van der Waals surface area contributed by atoms with Gasteiger partial charge in [0.05, 0.1) is 17.3 Å². The minimum absolute atomic E-state index is 0.115. The monoisotopic (exact) mass is 289 g/mol. The van der Waals surface area contributed by atoms with E-state index >= 15 is 0 Å². The minimum atomic E-state index is 0.115. The zero-order valence-corrected chi connectivity index (χ0v) is 12.4. The second kappa shape index (κ2) is 7.32. The quantitative estimate of drug-likeness (QED) is 0.875. The molecule has 1 N–H and O–H groups in total. The molecule has 2 nitrogen and oxygen atoms in total. The van der Waals surface area contributed by atoms with E-state index in [-0.39, 0.29) is 12.6 Å². The van der Waals surface area contributed by atoms with Crippen molar-refractivity contribution in [1.82, 2.24) is 0 Å². The van der Waals surface area contributed by atoms with Crippen LogP contribution in [0, 0.1) is 0 Å². The Balaban J connectivity index is 2.18. The van der Waals surface area contributed by atoms with Gasteiger partial charge >= 0.3 is 0 Å². The van der Waals surface area contributed by atoms with Crippen molar-refractivity contribution in [3.63, 3.8) is 0 Å². The predicted molar refractivity (Wildman–Crippen MR) is 85.5 cm³/mol. The fourth-order valence-electron chi connectivity index (χ4n) is 2.44. The van der Waals surface area contributed by atoms with E-state index in [1.54, 1.807) is 0 Å². The molecule has 0 saturated heterocycles. The van der Waals surface area contributed by atoms with Gasteiger partial charge in [-0.15, -0.1) is 0 Å². The van der Waals surface area contributed by atoms with Crippen molar-refractivity contribution < 1.29 is 5.11 Å². The summed E-state index contributed by atoms with van der Waals surface area (Å²) in [5.74, 6) is 0. The van der Waals surface area contributed by atoms with Crippen molar-refractivity contribution in [2.45, 2.75) is 19.4 Å². The van der Waals surface area contributed by atoms with Crippen LogP contribution in [-0.4, -0.2) is 24.3 Å². The Kier molecular flexibility index (Phi) is 5.45. The van der Waals surface area contributed by atoms with Gasteiger partial charge in [0.2, 0.25) is 0 Å². The van der Waals surface area contributed by atoms with Gasteiger partial charge in [0.1, 0.15) is 0 Å². The topological polar surface area (TPSA) is 23.5 Å². The molecule has 0 fully saturated rings. The van der Waals surface area contributed by atoms with Crippen molar-refractivity contribution >= 4 is 17.3 Å². The molecule has 0 radical (unpaired) electrons. The average Bonchev–Trinajstić information content (AvgIpc) is 2.47. The van der Waals surface area contributed by atoms with Gasteiger partial charge in [-0.05, 0) is 31.0 Å². The minimum Gasteiger partial charge on any atom is -0.395 e. The molecule has 2 aromatic carbocycles. The molecule has 2 aromatic rings. The van der Waals surface area contributed by atoms with Crippen LogP contribution in [0.25, 0.3) is 0 Å². The van der Waals surface area contributed by atoms with Crippen LogP contribution < -0.4 is 4.90 Å². The van der Waals surface area contributed by atoms with Crippen LogP contribution >= 0.6 is 11.6 Å². The van der Waals surface area contributed by atoms with Crippen LogP contribution in [0.15, 0.2) is 54.6 Å². The van der Waals surface area contributed by atoms with Crippen LogP contribution in [0.5, 0.6) is 0 Å². The van der Waals surface area contributed by atoms with Crippen LogP contribution in [0.1, 0.15) is 12.5 Å². The molecule has 0 heterocycles. The number of halogens is 1. The molecular weight excluding hydrogens is 270 g/mol. The zero-order chi connectivity index (χ0) is 14.4. The van der Waals surface area contributed by atoms with E-state index in [1.165, 1.54) is 5.56 Å². The molecule has 0 aliphatic carbocycles. The number of para-hydroxylation sites is 1. The lowest BCUT2D eigenvalue weighted by atomic mass is 10.1. The molecule has 0 bridgehead atoms. The largest absolute Gasteiger partial charge is 0.395 e. The molecule has 0 spiro atoms. The highest BCUT2D eigenvalue weighted by molar-refractivity contribution is 6.33. The molecule has 0 aliphatic rings. The number of aliphatic hydroxyl groups is 1. The SMILES string of the molecule is CC(Cc1ccccc1)N(CCO)c1ccccc1Cl. The number of hydrogen-bond donors (Lipinski definition) is 1. The van der Waals surface area contributed by atoms with E-state index in [4.69, 9.17) is 11.6 Å². The Morgan fingerprint density at radius 3 is 2.35 bits per heavy atom. The van der Waals surface area contributed by atoms with Gasteiger partial charge < -0.3 is 10.0 Å². The first-order valence-corrected chi connectivity index (χ1v) is 7.26. The van der Waals surface area contributed by atoms with Gasteiger partial charge in [-0.1, -0.05) is 54.1 Å². The molecule has 106 valence electrons. The summed E-state index contributed by atoms with van der Waals surface area (Å²) in [6, 6.07) is 18.4. The van der Waals surface area contributed by atoms with E-state index in [1.807, 2.05) is 42.5 Å². The van der Waals surface area contributed by atoms with Crippen LogP contribution in [0.4, 0.5) is 5.69 Å². The van der Waals surface area contributed by atoms with Crippen molar-refractivity contribution in [2.24, 2.45) is 0 Å². The van der Waals surface area contributed by atoms with Gasteiger partial charge in [-0.25, -0.2) is 0 Å². The summed E-state index contributed by atoms with van der Waals surface area (Å²) in [4.78, 5) is 2.16.